The maximum Gasteiger partial charge on any atom is 0.264 e. The first kappa shape index (κ1) is 16.1. The van der Waals surface area contributed by atoms with Crippen molar-refractivity contribution in [3.63, 3.8) is 0 Å². The smallest absolute Gasteiger partial charge is 0.264 e. The highest BCUT2D eigenvalue weighted by atomic mass is 32.1. The largest absolute Gasteiger partial charge is 0.393 e. The number of thiophene rings is 1. The van der Waals surface area contributed by atoms with Gasteiger partial charge >= 0.3 is 0 Å². The number of carbonyl (C=O) groups is 1. The lowest BCUT2D eigenvalue weighted by atomic mass is 9.92. The molecule has 1 aliphatic heterocycles. The van der Waals surface area contributed by atoms with Crippen molar-refractivity contribution in [1.29, 1.82) is 0 Å². The van der Waals surface area contributed by atoms with Crippen molar-refractivity contribution in [2.45, 2.75) is 25.4 Å². The van der Waals surface area contributed by atoms with Crippen LogP contribution in [0.4, 0.5) is 0 Å². The van der Waals surface area contributed by atoms with Crippen LogP contribution < -0.4 is 5.56 Å². The van der Waals surface area contributed by atoms with E-state index in [0.29, 0.717) is 46.6 Å². The molecule has 0 atom stereocenters. The molecule has 0 unspecified atom stereocenters. The van der Waals surface area contributed by atoms with Crippen LogP contribution in [0.15, 0.2) is 11.1 Å². The van der Waals surface area contributed by atoms with Crippen LogP contribution in [-0.2, 0) is 7.05 Å². The van der Waals surface area contributed by atoms with Crippen LogP contribution in [0.5, 0.6) is 0 Å². The quantitative estimate of drug-likeness (QED) is 0.820. The molecule has 0 radical (unpaired) electrons. The Morgan fingerprint density at radius 1 is 1.43 bits per heavy atom. The molecule has 2 N–H and O–H groups in total. The summed E-state index contributed by atoms with van der Waals surface area (Å²) < 4.78 is 1.40. The molecule has 23 heavy (non-hydrogen) atoms. The van der Waals surface area contributed by atoms with Crippen LogP contribution in [0.25, 0.3) is 10.2 Å². The van der Waals surface area contributed by atoms with E-state index in [1.807, 2.05) is 0 Å². The standard InChI is InChI=1S/C15H19N3O4S/c1-9-10-12(16-8-17(2)13(10)20)23-11(9)14(21)18-5-3-15(22,7-19)4-6-18/h8,19,22H,3-7H2,1-2H3. The predicted molar refractivity (Wildman–Crippen MR) is 86.8 cm³/mol. The van der Waals surface area contributed by atoms with Crippen LogP contribution in [-0.4, -0.2) is 55.9 Å². The zero-order valence-electron chi connectivity index (χ0n) is 13.1. The van der Waals surface area contributed by atoms with Crippen LogP contribution in [0.3, 0.4) is 0 Å². The second kappa shape index (κ2) is 5.70. The Kier molecular flexibility index (Phi) is 3.99. The fraction of sp³-hybridized carbons (Fsp3) is 0.533. The van der Waals surface area contributed by atoms with Gasteiger partial charge in [-0.25, -0.2) is 4.98 Å². The van der Waals surface area contributed by atoms with E-state index >= 15 is 0 Å². The molecule has 7 nitrogen and oxygen atoms in total. The summed E-state index contributed by atoms with van der Waals surface area (Å²) in [6.07, 6.45) is 2.15. The normalized spacial score (nSPS) is 17.7. The Morgan fingerprint density at radius 2 is 2.09 bits per heavy atom. The summed E-state index contributed by atoms with van der Waals surface area (Å²) in [7, 11) is 1.63. The van der Waals surface area contributed by atoms with E-state index in [9.17, 15) is 19.8 Å². The zero-order chi connectivity index (χ0) is 16.8. The van der Waals surface area contributed by atoms with Crippen LogP contribution in [0.1, 0.15) is 28.1 Å². The van der Waals surface area contributed by atoms with Gasteiger partial charge < -0.3 is 19.7 Å². The highest BCUT2D eigenvalue weighted by Crippen LogP contribution is 2.30. The van der Waals surface area contributed by atoms with Crippen molar-refractivity contribution in [1.82, 2.24) is 14.5 Å². The van der Waals surface area contributed by atoms with E-state index in [1.54, 1.807) is 18.9 Å². The number of aromatic nitrogens is 2. The topological polar surface area (TPSA) is 95.7 Å². The molecule has 124 valence electrons. The molecule has 1 amide bonds. The van der Waals surface area contributed by atoms with E-state index in [1.165, 1.54) is 22.2 Å². The summed E-state index contributed by atoms with van der Waals surface area (Å²) in [6.45, 7) is 2.24. The number of rotatable bonds is 2. The van der Waals surface area contributed by atoms with Crippen molar-refractivity contribution in [2.75, 3.05) is 19.7 Å². The lowest BCUT2D eigenvalue weighted by molar-refractivity contribution is -0.0545. The number of nitrogens with zero attached hydrogens (tertiary/aromatic N) is 3. The molecule has 0 spiro atoms. The number of aryl methyl sites for hydroxylation is 2. The third-order valence-electron chi connectivity index (χ3n) is 4.48. The van der Waals surface area contributed by atoms with Crippen molar-refractivity contribution in [2.24, 2.45) is 7.05 Å². The van der Waals surface area contributed by atoms with Gasteiger partial charge in [-0.15, -0.1) is 11.3 Å². The average Bonchev–Trinajstić information content (AvgIpc) is 2.88. The van der Waals surface area contributed by atoms with Gasteiger partial charge in [-0.1, -0.05) is 0 Å². The highest BCUT2D eigenvalue weighted by molar-refractivity contribution is 7.20. The summed E-state index contributed by atoms with van der Waals surface area (Å²) in [5.41, 5.74) is -0.591. The van der Waals surface area contributed by atoms with Gasteiger partial charge in [0.1, 0.15) is 4.83 Å². The molecule has 0 aliphatic carbocycles. The molecule has 3 rings (SSSR count). The lowest BCUT2D eigenvalue weighted by Crippen LogP contribution is -2.48. The van der Waals surface area contributed by atoms with Crippen molar-refractivity contribution in [3.05, 3.63) is 27.1 Å². The first-order valence-electron chi connectivity index (χ1n) is 7.43. The Morgan fingerprint density at radius 3 is 2.70 bits per heavy atom. The van der Waals surface area contributed by atoms with E-state index < -0.39 is 5.60 Å². The van der Waals surface area contributed by atoms with Gasteiger partial charge in [-0.2, -0.15) is 0 Å². The van der Waals surface area contributed by atoms with Gasteiger partial charge in [-0.3, -0.25) is 9.59 Å². The molecule has 1 saturated heterocycles. The Hall–Kier alpha value is -1.77. The monoisotopic (exact) mass is 337 g/mol. The minimum atomic E-state index is -1.09. The average molecular weight is 337 g/mol. The maximum absolute atomic E-state index is 12.7. The summed E-state index contributed by atoms with van der Waals surface area (Å²) in [5, 5.41) is 19.7. The van der Waals surface area contributed by atoms with Crippen LogP contribution in [0.2, 0.25) is 0 Å². The molecular formula is C15H19N3O4S. The van der Waals surface area contributed by atoms with Gasteiger partial charge in [0.2, 0.25) is 0 Å². The molecule has 1 fully saturated rings. The molecule has 2 aromatic heterocycles. The number of aliphatic hydroxyl groups excluding tert-OH is 1. The van der Waals surface area contributed by atoms with Crippen molar-refractivity contribution in [3.8, 4) is 0 Å². The molecule has 1 aliphatic rings. The molecule has 0 bridgehead atoms. The summed E-state index contributed by atoms with van der Waals surface area (Å²) in [6, 6.07) is 0. The number of carbonyl (C=O) groups excluding carboxylic acids is 1. The minimum Gasteiger partial charge on any atom is -0.393 e. The highest BCUT2D eigenvalue weighted by Gasteiger charge is 2.34. The number of fused-ring (bicyclic) bond motifs is 1. The molecular weight excluding hydrogens is 318 g/mol. The van der Waals surface area contributed by atoms with E-state index in [4.69, 9.17) is 0 Å². The van der Waals surface area contributed by atoms with Gasteiger partial charge in [0.25, 0.3) is 11.5 Å². The maximum atomic E-state index is 12.7. The Labute approximate surface area is 136 Å². The summed E-state index contributed by atoms with van der Waals surface area (Å²) in [5.74, 6) is -0.146. The number of amides is 1. The van der Waals surface area contributed by atoms with E-state index in [-0.39, 0.29) is 18.1 Å². The minimum absolute atomic E-state index is 0.146. The second-order valence-electron chi connectivity index (χ2n) is 6.07. The number of hydrogen-bond acceptors (Lipinski definition) is 6. The Bertz CT molecular complexity index is 818. The van der Waals surface area contributed by atoms with E-state index in [0.717, 1.165) is 0 Å². The SMILES string of the molecule is Cc1c(C(=O)N2CCC(O)(CO)CC2)sc2ncn(C)c(=O)c12. The van der Waals surface area contributed by atoms with Crippen LogP contribution >= 0.6 is 11.3 Å². The summed E-state index contributed by atoms with van der Waals surface area (Å²) in [4.78, 5) is 31.9. The first-order valence-corrected chi connectivity index (χ1v) is 8.25. The van der Waals surface area contributed by atoms with Gasteiger partial charge in [0.05, 0.1) is 28.8 Å². The number of piperidine rings is 1. The molecule has 8 heteroatoms. The molecule has 0 saturated carbocycles. The van der Waals surface area contributed by atoms with Gasteiger partial charge in [0.15, 0.2) is 0 Å². The summed E-state index contributed by atoms with van der Waals surface area (Å²) >= 11 is 1.23. The fourth-order valence-corrected chi connectivity index (χ4v) is 3.95. The molecule has 0 aromatic carbocycles. The van der Waals surface area contributed by atoms with Crippen molar-refractivity contribution >= 4 is 27.5 Å². The van der Waals surface area contributed by atoms with Gasteiger partial charge in [0, 0.05) is 20.1 Å². The first-order chi connectivity index (χ1) is 10.9. The number of hydrogen-bond donors (Lipinski definition) is 2. The van der Waals surface area contributed by atoms with Crippen molar-refractivity contribution < 1.29 is 15.0 Å². The molecule has 3 heterocycles. The fourth-order valence-electron chi connectivity index (χ4n) is 2.84. The third kappa shape index (κ3) is 2.66. The zero-order valence-corrected chi connectivity index (χ0v) is 13.9. The third-order valence-corrected chi connectivity index (χ3v) is 5.67. The number of aliphatic hydroxyl groups is 2. The van der Waals surface area contributed by atoms with E-state index in [2.05, 4.69) is 4.98 Å². The lowest BCUT2D eigenvalue weighted by Gasteiger charge is -2.36. The number of likely N-dealkylation sites (tertiary alicyclic amines) is 1. The van der Waals surface area contributed by atoms with Gasteiger partial charge in [-0.05, 0) is 25.3 Å². The second-order valence-corrected chi connectivity index (χ2v) is 7.07. The predicted octanol–water partition coefficient (Wildman–Crippen LogP) is 0.263. The Balaban J connectivity index is 1.92. The van der Waals surface area contributed by atoms with Crippen LogP contribution in [0, 0.1) is 6.92 Å². The molecule has 2 aromatic rings.